The number of ether oxygens (including phenoxy) is 1. The lowest BCUT2D eigenvalue weighted by Crippen LogP contribution is -2.40. The molecule has 5 rings (SSSR count). The van der Waals surface area contributed by atoms with Gasteiger partial charge >= 0.3 is 6.18 Å². The van der Waals surface area contributed by atoms with Crippen molar-refractivity contribution in [1.82, 2.24) is 19.3 Å². The molecule has 1 fully saturated rings. The topological polar surface area (TPSA) is 101 Å². The molecule has 4 heterocycles. The Balaban J connectivity index is 1.41. The zero-order chi connectivity index (χ0) is 28.5. The van der Waals surface area contributed by atoms with Gasteiger partial charge in [0.05, 0.1) is 29.4 Å². The van der Waals surface area contributed by atoms with Crippen molar-refractivity contribution in [3.63, 3.8) is 0 Å². The van der Waals surface area contributed by atoms with Crippen LogP contribution in [0.5, 0.6) is 0 Å². The summed E-state index contributed by atoms with van der Waals surface area (Å²) in [6, 6.07) is 8.81. The summed E-state index contributed by atoms with van der Waals surface area (Å²) in [4.78, 5) is 15.4. The Labute approximate surface area is 231 Å². The lowest BCUT2D eigenvalue weighted by Gasteiger charge is -2.26. The van der Waals surface area contributed by atoms with Gasteiger partial charge in [-0.3, -0.25) is 0 Å². The van der Waals surface area contributed by atoms with Crippen LogP contribution in [-0.2, 0) is 33.8 Å². The fourth-order valence-electron chi connectivity index (χ4n) is 4.84. The summed E-state index contributed by atoms with van der Waals surface area (Å²) in [6.07, 6.45) is -2.30. The predicted octanol–water partition coefficient (Wildman–Crippen LogP) is 4.38. The minimum atomic E-state index is -4.51. The molecule has 9 nitrogen and oxygen atoms in total. The average molecular weight is 577 g/mol. The highest BCUT2D eigenvalue weighted by molar-refractivity contribution is 7.89. The molecular formula is C27H31F3N6O3S. The van der Waals surface area contributed by atoms with Gasteiger partial charge in [-0.15, -0.1) is 0 Å². The van der Waals surface area contributed by atoms with Crippen LogP contribution in [0, 0.1) is 0 Å². The number of hydrogen-bond acceptors (Lipinski definition) is 8. The lowest BCUT2D eigenvalue weighted by molar-refractivity contribution is -0.137. The predicted molar refractivity (Wildman–Crippen MR) is 144 cm³/mol. The van der Waals surface area contributed by atoms with E-state index in [0.29, 0.717) is 69.6 Å². The number of hydrogen-bond donors (Lipinski definition) is 1. The minimum Gasteiger partial charge on any atom is -0.379 e. The molecule has 40 heavy (non-hydrogen) atoms. The van der Waals surface area contributed by atoms with E-state index in [1.807, 2.05) is 13.8 Å². The highest BCUT2D eigenvalue weighted by Gasteiger charge is 2.36. The van der Waals surface area contributed by atoms with Gasteiger partial charge in [-0.2, -0.15) is 17.5 Å². The van der Waals surface area contributed by atoms with Gasteiger partial charge in [0.2, 0.25) is 10.0 Å². The molecule has 1 aromatic carbocycles. The maximum atomic E-state index is 13.7. The number of fused-ring (bicyclic) bond motifs is 1. The maximum absolute atomic E-state index is 13.7. The number of anilines is 3. The number of rotatable bonds is 6. The smallest absolute Gasteiger partial charge is 0.379 e. The van der Waals surface area contributed by atoms with Crippen molar-refractivity contribution >= 4 is 27.3 Å². The van der Waals surface area contributed by atoms with Crippen LogP contribution in [0.25, 0.3) is 0 Å². The van der Waals surface area contributed by atoms with Gasteiger partial charge in [-0.1, -0.05) is 13.8 Å². The van der Waals surface area contributed by atoms with Crippen molar-refractivity contribution in [3.05, 3.63) is 65.2 Å². The largest absolute Gasteiger partial charge is 0.419 e. The second kappa shape index (κ2) is 11.3. The second-order valence-corrected chi connectivity index (χ2v) is 12.0. The van der Waals surface area contributed by atoms with Gasteiger partial charge in [0.1, 0.15) is 17.5 Å². The highest BCUT2D eigenvalue weighted by atomic mass is 32.2. The molecule has 0 radical (unpaired) electrons. The van der Waals surface area contributed by atoms with Gasteiger partial charge in [0, 0.05) is 56.0 Å². The molecule has 1 N–H and O–H groups in total. The van der Waals surface area contributed by atoms with Gasteiger partial charge < -0.3 is 15.0 Å². The molecule has 0 atom stereocenters. The summed E-state index contributed by atoms with van der Waals surface area (Å²) >= 11 is 0. The van der Waals surface area contributed by atoms with Crippen molar-refractivity contribution in [2.24, 2.45) is 0 Å². The maximum Gasteiger partial charge on any atom is 0.419 e. The summed E-state index contributed by atoms with van der Waals surface area (Å²) in [6.45, 7) is 5.95. The van der Waals surface area contributed by atoms with E-state index in [9.17, 15) is 21.6 Å². The first kappa shape index (κ1) is 28.2. The molecule has 0 bridgehead atoms. The van der Waals surface area contributed by atoms with Crippen LogP contribution < -0.4 is 10.2 Å². The monoisotopic (exact) mass is 576 g/mol. The summed E-state index contributed by atoms with van der Waals surface area (Å²) < 4.78 is 73.7. The molecule has 3 aromatic rings. The van der Waals surface area contributed by atoms with Crippen LogP contribution in [0.2, 0.25) is 0 Å². The number of halogens is 3. The second-order valence-electron chi connectivity index (χ2n) is 10.0. The molecule has 214 valence electrons. The number of pyridine rings is 1. The molecule has 0 aliphatic carbocycles. The third-order valence-corrected chi connectivity index (χ3v) is 8.91. The van der Waals surface area contributed by atoms with Crippen LogP contribution in [0.1, 0.15) is 42.4 Å². The number of aromatic nitrogens is 3. The minimum absolute atomic E-state index is 0.0267. The van der Waals surface area contributed by atoms with Crippen LogP contribution >= 0.6 is 0 Å². The zero-order valence-electron chi connectivity index (χ0n) is 22.3. The first-order valence-electron chi connectivity index (χ1n) is 13.2. The lowest BCUT2D eigenvalue weighted by atomic mass is 10.1. The number of morpholine rings is 1. The standard InChI is InChI=1S/C27H31F3N6O3S/c1-18(2)24-33-23-10-13-35(26-22(27(28,29)30)4-3-11-31-26)12-9-21(23)25(34-24)32-19-5-7-20(8-6-19)40(37,38)36-14-16-39-17-15-36/h3-8,11,18H,9-10,12-17H2,1-2H3,(H,32,33,34). The molecule has 2 aromatic heterocycles. The summed E-state index contributed by atoms with van der Waals surface area (Å²) in [5.74, 6) is 1.12. The van der Waals surface area contributed by atoms with Gasteiger partial charge in [-0.05, 0) is 42.8 Å². The van der Waals surface area contributed by atoms with E-state index in [2.05, 4.69) is 10.3 Å². The van der Waals surface area contributed by atoms with E-state index in [1.165, 1.54) is 16.6 Å². The molecule has 0 unspecified atom stereocenters. The molecule has 13 heteroatoms. The molecular weight excluding hydrogens is 545 g/mol. The van der Waals surface area contributed by atoms with E-state index < -0.39 is 21.8 Å². The summed E-state index contributed by atoms with van der Waals surface area (Å²) in [5.41, 5.74) is 1.48. The first-order chi connectivity index (χ1) is 19.0. The Morgan fingerprint density at radius 1 is 0.975 bits per heavy atom. The summed E-state index contributed by atoms with van der Waals surface area (Å²) in [7, 11) is -3.63. The molecule has 0 saturated carbocycles. The Morgan fingerprint density at radius 2 is 1.68 bits per heavy atom. The normalized spacial score (nSPS) is 17.0. The third-order valence-electron chi connectivity index (χ3n) is 6.99. The molecule has 2 aliphatic heterocycles. The van der Waals surface area contributed by atoms with Crippen molar-refractivity contribution in [1.29, 1.82) is 0 Å². The Bertz CT molecular complexity index is 1460. The Kier molecular flexibility index (Phi) is 7.98. The van der Waals surface area contributed by atoms with E-state index >= 15 is 0 Å². The zero-order valence-corrected chi connectivity index (χ0v) is 23.1. The molecule has 1 saturated heterocycles. The third kappa shape index (κ3) is 5.91. The van der Waals surface area contributed by atoms with Crippen LogP contribution in [-0.4, -0.2) is 67.1 Å². The van der Waals surface area contributed by atoms with E-state index in [0.717, 1.165) is 17.3 Å². The number of nitrogens with one attached hydrogen (secondary N) is 1. The van der Waals surface area contributed by atoms with Crippen molar-refractivity contribution in [2.45, 2.75) is 43.7 Å². The summed E-state index contributed by atoms with van der Waals surface area (Å²) in [5, 5.41) is 3.31. The number of sulfonamides is 1. The van der Waals surface area contributed by atoms with E-state index in [1.54, 1.807) is 29.2 Å². The van der Waals surface area contributed by atoms with Gasteiger partial charge in [0.15, 0.2) is 0 Å². The molecule has 0 amide bonds. The van der Waals surface area contributed by atoms with E-state index in [-0.39, 0.29) is 16.6 Å². The van der Waals surface area contributed by atoms with Crippen LogP contribution in [0.15, 0.2) is 47.5 Å². The van der Waals surface area contributed by atoms with Crippen LogP contribution in [0.4, 0.5) is 30.5 Å². The number of nitrogens with zero attached hydrogens (tertiary/aromatic N) is 5. The SMILES string of the molecule is CC(C)c1nc2c(c(Nc3ccc(S(=O)(=O)N4CCOCC4)cc3)n1)CCN(c1ncccc1C(F)(F)F)CC2. The van der Waals surface area contributed by atoms with E-state index in [4.69, 9.17) is 14.7 Å². The molecule has 2 aliphatic rings. The number of benzene rings is 1. The highest BCUT2D eigenvalue weighted by Crippen LogP contribution is 2.36. The van der Waals surface area contributed by atoms with Gasteiger partial charge in [0.25, 0.3) is 0 Å². The van der Waals surface area contributed by atoms with Crippen molar-refractivity contribution < 1.29 is 26.3 Å². The van der Waals surface area contributed by atoms with Crippen molar-refractivity contribution in [3.8, 4) is 0 Å². The fraction of sp³-hybridized carbons (Fsp3) is 0.444. The Hall–Kier alpha value is -3.29. The fourth-order valence-corrected chi connectivity index (χ4v) is 6.25. The quantitative estimate of drug-likeness (QED) is 0.462. The van der Waals surface area contributed by atoms with Crippen molar-refractivity contribution in [2.75, 3.05) is 49.6 Å². The first-order valence-corrected chi connectivity index (χ1v) is 14.6. The molecule has 0 spiro atoms. The Morgan fingerprint density at radius 3 is 2.35 bits per heavy atom. The van der Waals surface area contributed by atoms with Gasteiger partial charge in [-0.25, -0.2) is 23.4 Å². The number of alkyl halides is 3. The van der Waals surface area contributed by atoms with Crippen LogP contribution in [0.3, 0.4) is 0 Å². The average Bonchev–Trinajstić information content (AvgIpc) is 3.16.